The van der Waals surface area contributed by atoms with E-state index in [4.69, 9.17) is 4.74 Å². The summed E-state index contributed by atoms with van der Waals surface area (Å²) in [5.41, 5.74) is 1.26. The van der Waals surface area contributed by atoms with Crippen LogP contribution in [0, 0.1) is 5.92 Å². The second kappa shape index (κ2) is 6.89. The summed E-state index contributed by atoms with van der Waals surface area (Å²) < 4.78 is 5.27. The maximum Gasteiger partial charge on any atom is 0.323 e. The molecule has 0 aliphatic carbocycles. The maximum atomic E-state index is 12.2. The molecule has 1 saturated heterocycles. The van der Waals surface area contributed by atoms with Crippen LogP contribution in [-0.2, 0) is 9.53 Å². The molecular weight excluding hydrogens is 250 g/mol. The average Bonchev–Trinajstić information content (AvgIpc) is 2.47. The van der Waals surface area contributed by atoms with Crippen molar-refractivity contribution in [3.05, 3.63) is 35.9 Å². The summed E-state index contributed by atoms with van der Waals surface area (Å²) in [6, 6.07) is 10.5. The third-order valence-corrected chi connectivity index (χ3v) is 4.24. The van der Waals surface area contributed by atoms with Crippen molar-refractivity contribution < 1.29 is 9.53 Å². The van der Waals surface area contributed by atoms with E-state index in [1.165, 1.54) is 5.56 Å². The molecule has 20 heavy (non-hydrogen) atoms. The number of esters is 1. The molecule has 1 aromatic carbocycles. The lowest BCUT2D eigenvalue weighted by Gasteiger charge is -2.40. The fourth-order valence-electron chi connectivity index (χ4n) is 3.02. The first-order chi connectivity index (χ1) is 9.63. The highest BCUT2D eigenvalue weighted by atomic mass is 16.5. The first-order valence-corrected chi connectivity index (χ1v) is 7.60. The number of ether oxygens (including phenoxy) is 1. The van der Waals surface area contributed by atoms with E-state index in [0.29, 0.717) is 12.5 Å². The van der Waals surface area contributed by atoms with E-state index in [0.717, 1.165) is 19.4 Å². The Morgan fingerprint density at radius 1 is 1.40 bits per heavy atom. The van der Waals surface area contributed by atoms with Crippen LogP contribution in [0.5, 0.6) is 0 Å². The number of piperidine rings is 1. The molecule has 0 N–H and O–H groups in total. The molecule has 110 valence electrons. The summed E-state index contributed by atoms with van der Waals surface area (Å²) in [5, 5.41) is 0. The molecule has 1 fully saturated rings. The van der Waals surface area contributed by atoms with Gasteiger partial charge in [0.05, 0.1) is 6.61 Å². The van der Waals surface area contributed by atoms with Crippen molar-refractivity contribution in [2.75, 3.05) is 13.2 Å². The fourth-order valence-corrected chi connectivity index (χ4v) is 3.02. The number of rotatable bonds is 4. The van der Waals surface area contributed by atoms with Gasteiger partial charge in [-0.2, -0.15) is 0 Å². The van der Waals surface area contributed by atoms with Crippen LogP contribution in [0.4, 0.5) is 0 Å². The highest BCUT2D eigenvalue weighted by molar-refractivity contribution is 5.76. The van der Waals surface area contributed by atoms with E-state index in [-0.39, 0.29) is 18.1 Å². The Kier molecular flexibility index (Phi) is 5.18. The SMILES string of the molecule is CCOC(=O)[C@H]1C[C@H](C)CCN1[C@@H](C)c1ccccc1. The van der Waals surface area contributed by atoms with Crippen LogP contribution < -0.4 is 0 Å². The Balaban J connectivity index is 2.16. The van der Waals surface area contributed by atoms with Crippen molar-refractivity contribution in [3.63, 3.8) is 0 Å². The van der Waals surface area contributed by atoms with Gasteiger partial charge in [0.25, 0.3) is 0 Å². The third kappa shape index (κ3) is 3.40. The molecule has 3 atom stereocenters. The Bertz CT molecular complexity index is 432. The van der Waals surface area contributed by atoms with Gasteiger partial charge in [-0.05, 0) is 44.7 Å². The first-order valence-electron chi connectivity index (χ1n) is 7.60. The van der Waals surface area contributed by atoms with Gasteiger partial charge >= 0.3 is 5.97 Å². The number of carbonyl (C=O) groups is 1. The summed E-state index contributed by atoms with van der Waals surface area (Å²) in [6.45, 7) is 7.68. The van der Waals surface area contributed by atoms with Gasteiger partial charge in [0, 0.05) is 6.04 Å². The van der Waals surface area contributed by atoms with Crippen molar-refractivity contribution in [1.29, 1.82) is 0 Å². The van der Waals surface area contributed by atoms with E-state index in [2.05, 4.69) is 43.0 Å². The Labute approximate surface area is 121 Å². The molecule has 0 radical (unpaired) electrons. The molecular formula is C17H25NO2. The van der Waals surface area contributed by atoms with E-state index in [1.54, 1.807) is 0 Å². The van der Waals surface area contributed by atoms with Crippen LogP contribution in [0.1, 0.15) is 45.2 Å². The van der Waals surface area contributed by atoms with Gasteiger partial charge in [0.2, 0.25) is 0 Å². The molecule has 1 aliphatic rings. The Hall–Kier alpha value is -1.35. The number of carbonyl (C=O) groups excluding carboxylic acids is 1. The number of likely N-dealkylation sites (tertiary alicyclic amines) is 1. The third-order valence-electron chi connectivity index (χ3n) is 4.24. The minimum atomic E-state index is -0.103. The van der Waals surface area contributed by atoms with Crippen LogP contribution in [0.15, 0.2) is 30.3 Å². The van der Waals surface area contributed by atoms with Crippen molar-refractivity contribution >= 4 is 5.97 Å². The summed E-state index contributed by atoms with van der Waals surface area (Å²) >= 11 is 0. The Morgan fingerprint density at radius 3 is 2.75 bits per heavy atom. The molecule has 0 saturated carbocycles. The predicted molar refractivity (Wildman–Crippen MR) is 80.4 cm³/mol. The Morgan fingerprint density at radius 2 is 2.10 bits per heavy atom. The number of hydrogen-bond acceptors (Lipinski definition) is 3. The van der Waals surface area contributed by atoms with Crippen molar-refractivity contribution in [1.82, 2.24) is 4.90 Å². The zero-order valence-electron chi connectivity index (χ0n) is 12.7. The zero-order chi connectivity index (χ0) is 14.5. The normalized spacial score (nSPS) is 25.1. The van der Waals surface area contributed by atoms with Crippen molar-refractivity contribution in [2.45, 2.75) is 45.7 Å². The van der Waals surface area contributed by atoms with Gasteiger partial charge in [0.1, 0.15) is 6.04 Å². The molecule has 1 aliphatic heterocycles. The lowest BCUT2D eigenvalue weighted by molar-refractivity contribution is -0.153. The lowest BCUT2D eigenvalue weighted by Crippen LogP contribution is -2.48. The largest absolute Gasteiger partial charge is 0.465 e. The molecule has 3 nitrogen and oxygen atoms in total. The second-order valence-corrected chi connectivity index (χ2v) is 5.72. The number of nitrogens with zero attached hydrogens (tertiary/aromatic N) is 1. The molecule has 0 unspecified atom stereocenters. The highest BCUT2D eigenvalue weighted by Crippen LogP contribution is 2.31. The van der Waals surface area contributed by atoms with Crippen LogP contribution in [0.25, 0.3) is 0 Å². The van der Waals surface area contributed by atoms with Crippen molar-refractivity contribution in [3.8, 4) is 0 Å². The van der Waals surface area contributed by atoms with Crippen LogP contribution in [-0.4, -0.2) is 30.1 Å². The van der Waals surface area contributed by atoms with Gasteiger partial charge < -0.3 is 4.74 Å². The number of benzene rings is 1. The van der Waals surface area contributed by atoms with Crippen LogP contribution in [0.3, 0.4) is 0 Å². The summed E-state index contributed by atoms with van der Waals surface area (Å²) in [4.78, 5) is 14.5. The van der Waals surface area contributed by atoms with Crippen LogP contribution in [0.2, 0.25) is 0 Å². The van der Waals surface area contributed by atoms with Gasteiger partial charge in [0.15, 0.2) is 0 Å². The molecule has 2 rings (SSSR count). The lowest BCUT2D eigenvalue weighted by atomic mass is 9.90. The molecule has 1 heterocycles. The smallest absolute Gasteiger partial charge is 0.323 e. The summed E-state index contributed by atoms with van der Waals surface area (Å²) in [6.07, 6.45) is 2.04. The summed E-state index contributed by atoms with van der Waals surface area (Å²) in [7, 11) is 0. The highest BCUT2D eigenvalue weighted by Gasteiger charge is 2.35. The van der Waals surface area contributed by atoms with Crippen LogP contribution >= 0.6 is 0 Å². The average molecular weight is 275 g/mol. The quantitative estimate of drug-likeness (QED) is 0.789. The van der Waals surface area contributed by atoms with Gasteiger partial charge in [-0.1, -0.05) is 37.3 Å². The van der Waals surface area contributed by atoms with Crippen molar-refractivity contribution in [2.24, 2.45) is 5.92 Å². The van der Waals surface area contributed by atoms with Gasteiger partial charge in [-0.15, -0.1) is 0 Å². The molecule has 0 spiro atoms. The van der Waals surface area contributed by atoms with Gasteiger partial charge in [-0.3, -0.25) is 9.69 Å². The topological polar surface area (TPSA) is 29.5 Å². The van der Waals surface area contributed by atoms with E-state index >= 15 is 0 Å². The predicted octanol–water partition coefficient (Wildman–Crippen LogP) is 3.41. The number of hydrogen-bond donors (Lipinski definition) is 0. The van der Waals surface area contributed by atoms with E-state index < -0.39 is 0 Å². The monoisotopic (exact) mass is 275 g/mol. The second-order valence-electron chi connectivity index (χ2n) is 5.72. The molecule has 0 bridgehead atoms. The van der Waals surface area contributed by atoms with E-state index in [1.807, 2.05) is 13.0 Å². The standard InChI is InChI=1S/C17H25NO2/c1-4-20-17(19)16-12-13(2)10-11-18(16)14(3)15-8-6-5-7-9-15/h5-9,13-14,16H,4,10-12H2,1-3H3/t13-,14+,16-/m1/s1. The van der Waals surface area contributed by atoms with Gasteiger partial charge in [-0.25, -0.2) is 0 Å². The minimum Gasteiger partial charge on any atom is -0.465 e. The molecule has 1 aromatic rings. The molecule has 0 amide bonds. The minimum absolute atomic E-state index is 0.0677. The first kappa shape index (κ1) is 15.0. The zero-order valence-corrected chi connectivity index (χ0v) is 12.7. The fraction of sp³-hybridized carbons (Fsp3) is 0.588. The summed E-state index contributed by atoms with van der Waals surface area (Å²) in [5.74, 6) is 0.519. The maximum absolute atomic E-state index is 12.2. The molecule has 0 aromatic heterocycles. The molecule has 3 heteroatoms. The van der Waals surface area contributed by atoms with E-state index in [9.17, 15) is 4.79 Å².